The molecular weight excluding hydrogens is 248 g/mol. The molecule has 0 unspecified atom stereocenters. The molecule has 3 heteroatoms. The Labute approximate surface area is 123 Å². The van der Waals surface area contributed by atoms with Gasteiger partial charge in [0.1, 0.15) is 5.75 Å². The Bertz CT molecular complexity index is 386. The van der Waals surface area contributed by atoms with Crippen LogP contribution < -0.4 is 10.1 Å². The molecule has 1 aliphatic heterocycles. The van der Waals surface area contributed by atoms with E-state index in [9.17, 15) is 0 Å². The lowest BCUT2D eigenvalue weighted by molar-refractivity contribution is 0.170. The van der Waals surface area contributed by atoms with Crippen LogP contribution in [0.4, 0.5) is 0 Å². The fourth-order valence-corrected chi connectivity index (χ4v) is 2.95. The monoisotopic (exact) mass is 276 g/mol. The number of ether oxygens (including phenoxy) is 1. The van der Waals surface area contributed by atoms with Crippen molar-refractivity contribution in [3.63, 3.8) is 0 Å². The maximum Gasteiger partial charge on any atom is 0.123 e. The van der Waals surface area contributed by atoms with E-state index < -0.39 is 0 Å². The molecule has 1 aromatic carbocycles. The molecule has 1 N–H and O–H groups in total. The maximum atomic E-state index is 5.72. The number of nitrogens with one attached hydrogen (secondary N) is 1. The molecule has 0 spiro atoms. The Morgan fingerprint density at radius 1 is 1.25 bits per heavy atom. The number of piperidine rings is 1. The Morgan fingerprint density at radius 3 is 2.70 bits per heavy atom. The van der Waals surface area contributed by atoms with Crippen LogP contribution in [0.5, 0.6) is 5.75 Å². The summed E-state index contributed by atoms with van der Waals surface area (Å²) in [6.45, 7) is 7.39. The zero-order chi connectivity index (χ0) is 14.2. The highest BCUT2D eigenvalue weighted by Crippen LogP contribution is 2.24. The number of nitrogens with zero attached hydrogens (tertiary/aromatic N) is 1. The molecule has 0 bridgehead atoms. The van der Waals surface area contributed by atoms with E-state index in [0.717, 1.165) is 31.4 Å². The molecule has 0 aliphatic carbocycles. The van der Waals surface area contributed by atoms with E-state index in [0.29, 0.717) is 0 Å². The van der Waals surface area contributed by atoms with E-state index in [-0.39, 0.29) is 0 Å². The van der Waals surface area contributed by atoms with Crippen molar-refractivity contribution < 1.29 is 4.74 Å². The van der Waals surface area contributed by atoms with Gasteiger partial charge in [0, 0.05) is 12.1 Å². The maximum absolute atomic E-state index is 5.72. The van der Waals surface area contributed by atoms with Crippen molar-refractivity contribution >= 4 is 0 Å². The predicted octanol–water partition coefficient (Wildman–Crippen LogP) is 2.91. The van der Waals surface area contributed by atoms with Gasteiger partial charge in [0.05, 0.1) is 6.61 Å². The Kier molecular flexibility index (Phi) is 6.34. The van der Waals surface area contributed by atoms with E-state index >= 15 is 0 Å². The first-order valence-electron chi connectivity index (χ1n) is 7.91. The first-order valence-corrected chi connectivity index (χ1v) is 7.91. The average molecular weight is 276 g/mol. The zero-order valence-electron chi connectivity index (χ0n) is 12.9. The van der Waals surface area contributed by atoms with Crippen LogP contribution in [0, 0.1) is 5.92 Å². The minimum absolute atomic E-state index is 0.739. The van der Waals surface area contributed by atoms with E-state index in [2.05, 4.69) is 34.5 Å². The molecule has 1 aromatic rings. The fourth-order valence-electron chi connectivity index (χ4n) is 2.95. The van der Waals surface area contributed by atoms with Gasteiger partial charge >= 0.3 is 0 Å². The number of benzene rings is 1. The van der Waals surface area contributed by atoms with Crippen LogP contribution in [-0.4, -0.2) is 38.2 Å². The third-order valence-electron chi connectivity index (χ3n) is 4.18. The highest BCUT2D eigenvalue weighted by Gasteiger charge is 2.19. The zero-order valence-corrected chi connectivity index (χ0v) is 12.9. The predicted molar refractivity (Wildman–Crippen MR) is 84.2 cm³/mol. The first-order chi connectivity index (χ1) is 9.83. The molecule has 0 atom stereocenters. The lowest BCUT2D eigenvalue weighted by Gasteiger charge is -2.32. The lowest BCUT2D eigenvalue weighted by atomic mass is 9.93. The number of hydrogen-bond acceptors (Lipinski definition) is 3. The highest BCUT2D eigenvalue weighted by atomic mass is 16.5. The van der Waals surface area contributed by atoms with Crippen molar-refractivity contribution in [3.8, 4) is 5.75 Å². The van der Waals surface area contributed by atoms with Gasteiger partial charge in [-0.3, -0.25) is 4.90 Å². The van der Waals surface area contributed by atoms with Crippen molar-refractivity contribution in [1.29, 1.82) is 0 Å². The van der Waals surface area contributed by atoms with Crippen molar-refractivity contribution in [2.75, 3.05) is 33.3 Å². The second-order valence-electron chi connectivity index (χ2n) is 5.65. The van der Waals surface area contributed by atoms with Gasteiger partial charge < -0.3 is 10.1 Å². The molecule has 3 nitrogen and oxygen atoms in total. The summed E-state index contributed by atoms with van der Waals surface area (Å²) in [4.78, 5) is 2.56. The van der Waals surface area contributed by atoms with Gasteiger partial charge in [0.15, 0.2) is 0 Å². The topological polar surface area (TPSA) is 24.5 Å². The standard InChI is InChI=1S/C17H28N2O/c1-3-20-17-7-5-4-6-16(17)14-19-12-9-15(10-13-19)8-11-18-2/h4-7,15,18H,3,8-14H2,1-2H3. The molecule has 1 aliphatic rings. The fraction of sp³-hybridized carbons (Fsp3) is 0.647. The highest BCUT2D eigenvalue weighted by molar-refractivity contribution is 5.33. The summed E-state index contributed by atoms with van der Waals surface area (Å²) in [7, 11) is 2.04. The van der Waals surface area contributed by atoms with E-state index in [1.807, 2.05) is 14.0 Å². The summed E-state index contributed by atoms with van der Waals surface area (Å²) in [5.74, 6) is 1.95. The van der Waals surface area contributed by atoms with Crippen LogP contribution in [0.3, 0.4) is 0 Å². The number of hydrogen-bond donors (Lipinski definition) is 1. The summed E-state index contributed by atoms with van der Waals surface area (Å²) in [6, 6.07) is 8.44. The average Bonchev–Trinajstić information content (AvgIpc) is 2.49. The smallest absolute Gasteiger partial charge is 0.123 e. The molecule has 112 valence electrons. The van der Waals surface area contributed by atoms with Gasteiger partial charge in [-0.2, -0.15) is 0 Å². The lowest BCUT2D eigenvalue weighted by Crippen LogP contribution is -2.34. The summed E-state index contributed by atoms with van der Waals surface area (Å²) in [5, 5.41) is 3.26. The summed E-state index contributed by atoms with van der Waals surface area (Å²) in [6.07, 6.45) is 3.98. The molecule has 0 saturated carbocycles. The summed E-state index contributed by atoms with van der Waals surface area (Å²) >= 11 is 0. The Hall–Kier alpha value is -1.06. The molecule has 20 heavy (non-hydrogen) atoms. The molecule has 0 aromatic heterocycles. The SMILES string of the molecule is CCOc1ccccc1CN1CCC(CCNC)CC1. The Balaban J connectivity index is 1.83. The van der Waals surface area contributed by atoms with Gasteiger partial charge in [0.25, 0.3) is 0 Å². The third kappa shape index (κ3) is 4.50. The second-order valence-corrected chi connectivity index (χ2v) is 5.65. The first kappa shape index (κ1) is 15.3. The van der Waals surface area contributed by atoms with E-state index in [4.69, 9.17) is 4.74 Å². The van der Waals surface area contributed by atoms with Crippen molar-refractivity contribution in [3.05, 3.63) is 29.8 Å². The molecule has 0 radical (unpaired) electrons. The summed E-state index contributed by atoms with van der Waals surface area (Å²) < 4.78 is 5.72. The van der Waals surface area contributed by atoms with Crippen LogP contribution in [0.25, 0.3) is 0 Å². The van der Waals surface area contributed by atoms with Crippen molar-refractivity contribution in [2.45, 2.75) is 32.7 Å². The minimum atomic E-state index is 0.739. The van der Waals surface area contributed by atoms with Gasteiger partial charge in [-0.25, -0.2) is 0 Å². The van der Waals surface area contributed by atoms with E-state index in [1.165, 1.54) is 37.9 Å². The third-order valence-corrected chi connectivity index (χ3v) is 4.18. The van der Waals surface area contributed by atoms with E-state index in [1.54, 1.807) is 0 Å². The summed E-state index contributed by atoms with van der Waals surface area (Å²) in [5.41, 5.74) is 1.32. The molecule has 2 rings (SSSR count). The molecule has 0 amide bonds. The largest absolute Gasteiger partial charge is 0.494 e. The van der Waals surface area contributed by atoms with Crippen LogP contribution in [0.2, 0.25) is 0 Å². The van der Waals surface area contributed by atoms with Crippen molar-refractivity contribution in [1.82, 2.24) is 10.2 Å². The second kappa shape index (κ2) is 8.28. The number of likely N-dealkylation sites (tertiary alicyclic amines) is 1. The van der Waals surface area contributed by atoms with Crippen LogP contribution in [0.15, 0.2) is 24.3 Å². The van der Waals surface area contributed by atoms with Crippen LogP contribution >= 0.6 is 0 Å². The van der Waals surface area contributed by atoms with Gasteiger partial charge in [-0.15, -0.1) is 0 Å². The molecular formula is C17H28N2O. The minimum Gasteiger partial charge on any atom is -0.494 e. The van der Waals surface area contributed by atoms with Crippen molar-refractivity contribution in [2.24, 2.45) is 5.92 Å². The van der Waals surface area contributed by atoms with Crippen LogP contribution in [0.1, 0.15) is 31.7 Å². The quantitative estimate of drug-likeness (QED) is 0.829. The molecule has 1 fully saturated rings. The number of para-hydroxylation sites is 1. The normalized spacial score (nSPS) is 17.3. The van der Waals surface area contributed by atoms with Gasteiger partial charge in [0.2, 0.25) is 0 Å². The van der Waals surface area contributed by atoms with Crippen LogP contribution in [-0.2, 0) is 6.54 Å². The van der Waals surface area contributed by atoms with Gasteiger partial charge in [-0.1, -0.05) is 18.2 Å². The number of rotatable bonds is 7. The molecule has 1 heterocycles. The Morgan fingerprint density at radius 2 is 2.00 bits per heavy atom. The van der Waals surface area contributed by atoms with Gasteiger partial charge in [-0.05, 0) is 64.9 Å². The molecule has 1 saturated heterocycles.